The fraction of sp³-hybridized carbons (Fsp3) is 0.632. The van der Waals surface area contributed by atoms with Crippen LogP contribution in [-0.4, -0.2) is 31.0 Å². The number of nitrogens with one attached hydrogen (secondary N) is 2. The van der Waals surface area contributed by atoms with Gasteiger partial charge in [-0.25, -0.2) is 0 Å². The highest BCUT2D eigenvalue weighted by Crippen LogP contribution is 2.28. The first-order valence-electron chi connectivity index (χ1n) is 8.94. The van der Waals surface area contributed by atoms with Crippen molar-refractivity contribution in [3.8, 4) is 5.75 Å². The molecule has 128 valence electrons. The summed E-state index contributed by atoms with van der Waals surface area (Å²) >= 11 is 0. The number of piperidine rings is 1. The lowest BCUT2D eigenvalue weighted by molar-refractivity contribution is -0.117. The lowest BCUT2D eigenvalue weighted by atomic mass is 10.0. The number of hydrogen-bond acceptors (Lipinski definition) is 4. The average Bonchev–Trinajstić information content (AvgIpc) is 2.56. The molecule has 1 aromatic carbocycles. The molecule has 2 rings (SSSR count). The van der Waals surface area contributed by atoms with Gasteiger partial charge in [-0.15, -0.1) is 0 Å². The Labute approximate surface area is 140 Å². The van der Waals surface area contributed by atoms with Crippen molar-refractivity contribution in [2.24, 2.45) is 0 Å². The van der Waals surface area contributed by atoms with E-state index in [2.05, 4.69) is 17.6 Å². The predicted molar refractivity (Wildman–Crippen MR) is 95.2 cm³/mol. The SMILES string of the molecule is CCCCCC(Nc1ccccc1OC1CCNCC1)C(C)=O. The Balaban J connectivity index is 2.00. The van der Waals surface area contributed by atoms with E-state index in [9.17, 15) is 4.79 Å². The van der Waals surface area contributed by atoms with E-state index in [0.29, 0.717) is 0 Å². The number of carbonyl (C=O) groups excluding carboxylic acids is 1. The Kier molecular flexibility index (Phi) is 7.40. The van der Waals surface area contributed by atoms with Crippen LogP contribution in [0, 0.1) is 0 Å². The van der Waals surface area contributed by atoms with Crippen LogP contribution in [-0.2, 0) is 4.79 Å². The number of para-hydroxylation sites is 2. The van der Waals surface area contributed by atoms with Crippen LogP contribution in [0.3, 0.4) is 0 Å². The van der Waals surface area contributed by atoms with Gasteiger partial charge in [-0.1, -0.05) is 38.3 Å². The first kappa shape index (κ1) is 17.8. The number of rotatable bonds is 9. The Morgan fingerprint density at radius 3 is 2.74 bits per heavy atom. The molecular formula is C19H30N2O2. The Morgan fingerprint density at radius 1 is 1.30 bits per heavy atom. The topological polar surface area (TPSA) is 50.4 Å². The third kappa shape index (κ3) is 5.87. The molecule has 4 nitrogen and oxygen atoms in total. The Morgan fingerprint density at radius 2 is 2.04 bits per heavy atom. The van der Waals surface area contributed by atoms with Crippen molar-refractivity contribution in [1.29, 1.82) is 0 Å². The van der Waals surface area contributed by atoms with Crippen LogP contribution < -0.4 is 15.4 Å². The fourth-order valence-corrected chi connectivity index (χ4v) is 2.94. The highest BCUT2D eigenvalue weighted by atomic mass is 16.5. The summed E-state index contributed by atoms with van der Waals surface area (Å²) in [5.74, 6) is 1.05. The van der Waals surface area contributed by atoms with Gasteiger partial charge in [-0.3, -0.25) is 4.79 Å². The molecule has 0 spiro atoms. The molecule has 23 heavy (non-hydrogen) atoms. The van der Waals surface area contributed by atoms with Crippen molar-refractivity contribution < 1.29 is 9.53 Å². The molecule has 2 N–H and O–H groups in total. The molecular weight excluding hydrogens is 288 g/mol. The Hall–Kier alpha value is -1.55. The maximum absolute atomic E-state index is 11.9. The van der Waals surface area contributed by atoms with E-state index in [1.54, 1.807) is 6.92 Å². The van der Waals surface area contributed by atoms with Gasteiger partial charge >= 0.3 is 0 Å². The van der Waals surface area contributed by atoms with Crippen molar-refractivity contribution in [1.82, 2.24) is 5.32 Å². The predicted octanol–water partition coefficient (Wildman–Crippen LogP) is 3.77. The fourth-order valence-electron chi connectivity index (χ4n) is 2.94. The minimum Gasteiger partial charge on any atom is -0.488 e. The van der Waals surface area contributed by atoms with E-state index >= 15 is 0 Å². The maximum Gasteiger partial charge on any atom is 0.151 e. The van der Waals surface area contributed by atoms with Crippen molar-refractivity contribution in [2.75, 3.05) is 18.4 Å². The van der Waals surface area contributed by atoms with E-state index < -0.39 is 0 Å². The minimum absolute atomic E-state index is 0.126. The van der Waals surface area contributed by atoms with Crippen LogP contribution >= 0.6 is 0 Å². The van der Waals surface area contributed by atoms with Crippen LogP contribution in [0.25, 0.3) is 0 Å². The third-order valence-electron chi connectivity index (χ3n) is 4.38. The molecule has 1 aliphatic heterocycles. The molecule has 4 heteroatoms. The van der Waals surface area contributed by atoms with E-state index in [-0.39, 0.29) is 17.9 Å². The maximum atomic E-state index is 11.9. The number of hydrogen-bond donors (Lipinski definition) is 2. The highest BCUT2D eigenvalue weighted by molar-refractivity contribution is 5.84. The van der Waals surface area contributed by atoms with Gasteiger partial charge in [0.25, 0.3) is 0 Å². The molecule has 1 fully saturated rings. The van der Waals surface area contributed by atoms with Crippen molar-refractivity contribution in [3.63, 3.8) is 0 Å². The van der Waals surface area contributed by atoms with Crippen LogP contribution in [0.4, 0.5) is 5.69 Å². The van der Waals surface area contributed by atoms with E-state index in [1.807, 2.05) is 24.3 Å². The molecule has 1 heterocycles. The second-order valence-corrected chi connectivity index (χ2v) is 6.37. The summed E-state index contributed by atoms with van der Waals surface area (Å²) < 4.78 is 6.18. The van der Waals surface area contributed by atoms with Gasteiger partial charge in [-0.2, -0.15) is 0 Å². The quantitative estimate of drug-likeness (QED) is 0.681. The van der Waals surface area contributed by atoms with Crippen molar-refractivity contribution in [2.45, 2.75) is 64.5 Å². The summed E-state index contributed by atoms with van der Waals surface area (Å²) in [5, 5.41) is 6.76. The van der Waals surface area contributed by atoms with Crippen LogP contribution in [0.2, 0.25) is 0 Å². The summed E-state index contributed by atoms with van der Waals surface area (Å²) in [7, 11) is 0. The molecule has 0 amide bonds. The van der Waals surface area contributed by atoms with Gasteiger partial charge < -0.3 is 15.4 Å². The summed E-state index contributed by atoms with van der Waals surface area (Å²) in [5.41, 5.74) is 0.933. The number of anilines is 1. The van der Waals surface area contributed by atoms with E-state index in [4.69, 9.17) is 4.74 Å². The molecule has 1 saturated heterocycles. The van der Waals surface area contributed by atoms with Gasteiger partial charge in [0.15, 0.2) is 5.78 Å². The first-order valence-corrected chi connectivity index (χ1v) is 8.94. The molecule has 1 unspecified atom stereocenters. The first-order chi connectivity index (χ1) is 11.2. The van der Waals surface area contributed by atoms with E-state index in [1.165, 1.54) is 12.8 Å². The monoisotopic (exact) mass is 318 g/mol. The van der Waals surface area contributed by atoms with Gasteiger partial charge in [0.2, 0.25) is 0 Å². The lowest BCUT2D eigenvalue weighted by Crippen LogP contribution is -2.34. The third-order valence-corrected chi connectivity index (χ3v) is 4.38. The number of unbranched alkanes of at least 4 members (excludes halogenated alkanes) is 2. The van der Waals surface area contributed by atoms with Crippen LogP contribution in [0.15, 0.2) is 24.3 Å². The molecule has 1 atom stereocenters. The second kappa shape index (κ2) is 9.56. The number of ether oxygens (including phenoxy) is 1. The summed E-state index contributed by atoms with van der Waals surface area (Å²) in [4.78, 5) is 11.9. The van der Waals surface area contributed by atoms with Gasteiger partial charge in [0.1, 0.15) is 11.9 Å². The van der Waals surface area contributed by atoms with Gasteiger partial charge in [0.05, 0.1) is 11.7 Å². The molecule has 0 aromatic heterocycles. The number of ketones is 1. The van der Waals surface area contributed by atoms with Crippen LogP contribution in [0.1, 0.15) is 52.4 Å². The highest BCUT2D eigenvalue weighted by Gasteiger charge is 2.19. The average molecular weight is 318 g/mol. The number of benzene rings is 1. The molecule has 0 radical (unpaired) electrons. The van der Waals surface area contributed by atoms with Crippen molar-refractivity contribution >= 4 is 11.5 Å². The summed E-state index contributed by atoms with van der Waals surface area (Å²) in [6.07, 6.45) is 6.60. The van der Waals surface area contributed by atoms with Gasteiger partial charge in [0, 0.05) is 0 Å². The van der Waals surface area contributed by atoms with Gasteiger partial charge in [-0.05, 0) is 51.4 Å². The minimum atomic E-state index is -0.126. The zero-order chi connectivity index (χ0) is 16.5. The lowest BCUT2D eigenvalue weighted by Gasteiger charge is -2.26. The van der Waals surface area contributed by atoms with Crippen molar-refractivity contribution in [3.05, 3.63) is 24.3 Å². The van der Waals surface area contributed by atoms with E-state index in [0.717, 1.165) is 50.2 Å². The summed E-state index contributed by atoms with van der Waals surface area (Å²) in [6.45, 7) is 5.86. The van der Waals surface area contributed by atoms with Crippen LogP contribution in [0.5, 0.6) is 5.75 Å². The largest absolute Gasteiger partial charge is 0.488 e. The Bertz CT molecular complexity index is 484. The molecule has 0 saturated carbocycles. The molecule has 1 aromatic rings. The normalized spacial score (nSPS) is 16.8. The standard InChI is InChI=1S/C19H30N2O2/c1-3-4-5-8-17(15(2)22)21-18-9-6-7-10-19(18)23-16-11-13-20-14-12-16/h6-7,9-10,16-17,20-21H,3-5,8,11-14H2,1-2H3. The second-order valence-electron chi connectivity index (χ2n) is 6.37. The molecule has 0 bridgehead atoms. The number of Topliss-reactive ketones (excluding diaryl/α,β-unsaturated/α-hetero) is 1. The smallest absolute Gasteiger partial charge is 0.151 e. The molecule has 0 aliphatic carbocycles. The zero-order valence-electron chi connectivity index (χ0n) is 14.4. The summed E-state index contributed by atoms with van der Waals surface area (Å²) in [6, 6.07) is 7.85. The molecule has 1 aliphatic rings. The number of carbonyl (C=O) groups is 1. The zero-order valence-corrected chi connectivity index (χ0v) is 14.4.